The quantitative estimate of drug-likeness (QED) is 0.661. The van der Waals surface area contributed by atoms with Gasteiger partial charge in [-0.3, -0.25) is 4.79 Å². The van der Waals surface area contributed by atoms with Crippen LogP contribution in [0, 0.1) is 6.92 Å². The fourth-order valence-corrected chi connectivity index (χ4v) is 5.13. The van der Waals surface area contributed by atoms with E-state index in [4.69, 9.17) is 23.2 Å². The summed E-state index contributed by atoms with van der Waals surface area (Å²) in [5.41, 5.74) is 0.637. The Kier molecular flexibility index (Phi) is 6.82. The molecular formula is C17H18Cl2N4O3S2. The maximum Gasteiger partial charge on any atom is 0.244 e. The van der Waals surface area contributed by atoms with Gasteiger partial charge in [0.25, 0.3) is 0 Å². The maximum atomic E-state index is 12.5. The molecule has 1 amide bonds. The smallest absolute Gasteiger partial charge is 0.244 e. The molecule has 2 aromatic rings. The number of rotatable bonds is 6. The van der Waals surface area contributed by atoms with Gasteiger partial charge in [-0.25, -0.2) is 18.4 Å². The molecule has 7 nitrogen and oxygen atoms in total. The molecule has 3 heterocycles. The lowest BCUT2D eigenvalue weighted by atomic mass is 10.3. The minimum absolute atomic E-state index is 0.0743. The summed E-state index contributed by atoms with van der Waals surface area (Å²) in [5.74, 6) is 0.0103. The summed E-state index contributed by atoms with van der Waals surface area (Å²) in [6.07, 6.45) is 4.50. The van der Waals surface area contributed by atoms with Gasteiger partial charge >= 0.3 is 0 Å². The van der Waals surface area contributed by atoms with E-state index in [0.717, 1.165) is 12.8 Å². The summed E-state index contributed by atoms with van der Waals surface area (Å²) in [7, 11) is -3.49. The van der Waals surface area contributed by atoms with Crippen molar-refractivity contribution in [2.45, 2.75) is 29.7 Å². The second-order valence-electron chi connectivity index (χ2n) is 6.17. The molecule has 0 radical (unpaired) electrons. The Hall–Kier alpha value is -1.39. The van der Waals surface area contributed by atoms with Crippen LogP contribution < -0.4 is 5.32 Å². The van der Waals surface area contributed by atoms with Gasteiger partial charge in [-0.15, -0.1) is 0 Å². The molecule has 2 aromatic heterocycles. The molecule has 0 aliphatic carbocycles. The van der Waals surface area contributed by atoms with Crippen LogP contribution in [-0.4, -0.2) is 47.4 Å². The average Bonchev–Trinajstić information content (AvgIpc) is 3.23. The zero-order valence-electron chi connectivity index (χ0n) is 15.0. The highest BCUT2D eigenvalue weighted by atomic mass is 35.5. The number of thioether (sulfide) groups is 1. The van der Waals surface area contributed by atoms with Gasteiger partial charge in [-0.1, -0.05) is 35.0 Å². The minimum atomic E-state index is -3.49. The van der Waals surface area contributed by atoms with Gasteiger partial charge in [0.15, 0.2) is 5.82 Å². The highest BCUT2D eigenvalue weighted by molar-refractivity contribution is 7.99. The zero-order valence-corrected chi connectivity index (χ0v) is 18.1. The van der Waals surface area contributed by atoms with Crippen LogP contribution in [0.25, 0.3) is 0 Å². The highest BCUT2D eigenvalue weighted by Crippen LogP contribution is 2.29. The predicted molar refractivity (Wildman–Crippen MR) is 111 cm³/mol. The molecule has 0 saturated carbocycles. The van der Waals surface area contributed by atoms with Crippen LogP contribution >= 0.6 is 35.0 Å². The number of halogens is 2. The molecule has 0 bridgehead atoms. The third kappa shape index (κ3) is 4.77. The first-order valence-corrected chi connectivity index (χ1v) is 11.7. The first-order chi connectivity index (χ1) is 13.3. The number of nitrogens with zero attached hydrogens (tertiary/aromatic N) is 3. The molecule has 3 rings (SSSR count). The van der Waals surface area contributed by atoms with E-state index in [-0.39, 0.29) is 22.4 Å². The Balaban J connectivity index is 1.59. The lowest BCUT2D eigenvalue weighted by Gasteiger charge is -2.15. The monoisotopic (exact) mass is 460 g/mol. The SMILES string of the molecule is Cc1c(Cl)cnc(NC(=O)CSc2ccc(S(=O)(=O)N3CCCC3)cn2)c1Cl. The zero-order chi connectivity index (χ0) is 20.3. The van der Waals surface area contributed by atoms with Crippen molar-refractivity contribution in [2.24, 2.45) is 0 Å². The van der Waals surface area contributed by atoms with Gasteiger partial charge < -0.3 is 5.32 Å². The maximum absolute atomic E-state index is 12.5. The molecule has 0 aromatic carbocycles. The van der Waals surface area contributed by atoms with Gasteiger partial charge in [0, 0.05) is 25.5 Å². The summed E-state index contributed by atoms with van der Waals surface area (Å²) in [5, 5.41) is 3.89. The molecule has 28 heavy (non-hydrogen) atoms. The van der Waals surface area contributed by atoms with Gasteiger partial charge in [0.2, 0.25) is 15.9 Å². The molecule has 0 spiro atoms. The van der Waals surface area contributed by atoms with E-state index in [1.54, 1.807) is 13.0 Å². The van der Waals surface area contributed by atoms with E-state index < -0.39 is 10.0 Å². The van der Waals surface area contributed by atoms with Gasteiger partial charge in [0.05, 0.1) is 20.8 Å². The molecule has 1 aliphatic rings. The lowest BCUT2D eigenvalue weighted by Crippen LogP contribution is -2.27. The Labute approximate surface area is 177 Å². The summed E-state index contributed by atoms with van der Waals surface area (Å²) in [4.78, 5) is 20.5. The Bertz CT molecular complexity index is 979. The molecule has 1 fully saturated rings. The largest absolute Gasteiger partial charge is 0.309 e. The fourth-order valence-electron chi connectivity index (χ4n) is 2.63. The number of carbonyl (C=O) groups excluding carboxylic acids is 1. The highest BCUT2D eigenvalue weighted by Gasteiger charge is 2.27. The van der Waals surface area contributed by atoms with E-state index in [2.05, 4.69) is 15.3 Å². The Morgan fingerprint density at radius 3 is 2.57 bits per heavy atom. The van der Waals surface area contributed by atoms with Crippen molar-refractivity contribution >= 4 is 56.7 Å². The number of aromatic nitrogens is 2. The average molecular weight is 461 g/mol. The van der Waals surface area contributed by atoms with Gasteiger partial charge in [0.1, 0.15) is 4.90 Å². The van der Waals surface area contributed by atoms with Gasteiger partial charge in [-0.2, -0.15) is 4.31 Å². The van der Waals surface area contributed by atoms with Crippen LogP contribution in [0.2, 0.25) is 10.0 Å². The lowest BCUT2D eigenvalue weighted by molar-refractivity contribution is -0.113. The molecule has 11 heteroatoms. The molecule has 1 saturated heterocycles. The first kappa shape index (κ1) is 21.3. The van der Waals surface area contributed by atoms with E-state index >= 15 is 0 Å². The third-order valence-corrected chi connectivity index (χ3v) is 7.89. The molecule has 0 atom stereocenters. The van der Waals surface area contributed by atoms with Crippen LogP contribution in [-0.2, 0) is 14.8 Å². The van der Waals surface area contributed by atoms with Crippen LogP contribution in [0.5, 0.6) is 0 Å². The van der Waals surface area contributed by atoms with E-state index in [0.29, 0.717) is 33.7 Å². The number of hydrogen-bond donors (Lipinski definition) is 1. The van der Waals surface area contributed by atoms with Crippen LogP contribution in [0.4, 0.5) is 5.82 Å². The molecule has 150 valence electrons. The van der Waals surface area contributed by atoms with E-state index in [1.807, 2.05) is 0 Å². The van der Waals surface area contributed by atoms with Crippen molar-refractivity contribution in [3.63, 3.8) is 0 Å². The molecule has 0 unspecified atom stereocenters. The van der Waals surface area contributed by atoms with Crippen LogP contribution in [0.15, 0.2) is 34.4 Å². The van der Waals surface area contributed by atoms with E-state index in [1.165, 1.54) is 34.5 Å². The van der Waals surface area contributed by atoms with Crippen molar-refractivity contribution in [3.05, 3.63) is 40.1 Å². The number of hydrogen-bond acceptors (Lipinski definition) is 6. The number of carbonyl (C=O) groups is 1. The van der Waals surface area contributed by atoms with E-state index in [9.17, 15) is 13.2 Å². The van der Waals surface area contributed by atoms with Crippen molar-refractivity contribution in [1.29, 1.82) is 0 Å². The number of anilines is 1. The normalized spacial score (nSPS) is 15.0. The summed E-state index contributed by atoms with van der Waals surface area (Å²) >= 11 is 13.2. The second kappa shape index (κ2) is 8.96. The van der Waals surface area contributed by atoms with Crippen molar-refractivity contribution in [2.75, 3.05) is 24.2 Å². The van der Waals surface area contributed by atoms with Crippen molar-refractivity contribution in [3.8, 4) is 0 Å². The standard InChI is InChI=1S/C17H18Cl2N4O3S2/c1-11-13(18)9-21-17(16(11)19)22-14(24)10-27-15-5-4-12(8-20-15)28(25,26)23-6-2-3-7-23/h4-5,8-9H,2-3,6-7,10H2,1H3,(H,21,22,24). The summed E-state index contributed by atoms with van der Waals surface area (Å²) < 4.78 is 26.4. The Morgan fingerprint density at radius 2 is 1.93 bits per heavy atom. The fraction of sp³-hybridized carbons (Fsp3) is 0.353. The van der Waals surface area contributed by atoms with Crippen LogP contribution in [0.1, 0.15) is 18.4 Å². The number of sulfonamides is 1. The van der Waals surface area contributed by atoms with Crippen molar-refractivity contribution in [1.82, 2.24) is 14.3 Å². The number of pyridine rings is 2. The number of amides is 1. The van der Waals surface area contributed by atoms with Crippen molar-refractivity contribution < 1.29 is 13.2 Å². The predicted octanol–water partition coefficient (Wildman–Crippen LogP) is 3.61. The third-order valence-electron chi connectivity index (χ3n) is 4.22. The molecular weight excluding hydrogens is 443 g/mol. The Morgan fingerprint density at radius 1 is 1.21 bits per heavy atom. The van der Waals surface area contributed by atoms with Crippen LogP contribution in [0.3, 0.4) is 0 Å². The summed E-state index contributed by atoms with van der Waals surface area (Å²) in [6, 6.07) is 3.11. The number of nitrogens with one attached hydrogen (secondary N) is 1. The second-order valence-corrected chi connectivity index (χ2v) is 9.89. The molecule has 1 aliphatic heterocycles. The summed E-state index contributed by atoms with van der Waals surface area (Å²) in [6.45, 7) is 2.82. The molecule has 1 N–H and O–H groups in total. The van der Waals surface area contributed by atoms with Gasteiger partial charge in [-0.05, 0) is 37.5 Å². The first-order valence-electron chi connectivity index (χ1n) is 8.48. The topological polar surface area (TPSA) is 92.3 Å². The minimum Gasteiger partial charge on any atom is -0.309 e.